The highest BCUT2D eigenvalue weighted by atomic mass is 32.2. The summed E-state index contributed by atoms with van der Waals surface area (Å²) in [5.74, 6) is 0.0126. The van der Waals surface area contributed by atoms with Crippen molar-refractivity contribution in [2.75, 3.05) is 5.32 Å². The van der Waals surface area contributed by atoms with Crippen LogP contribution in [0.2, 0.25) is 0 Å². The first-order valence-electron chi connectivity index (χ1n) is 6.73. The van der Waals surface area contributed by atoms with Crippen LogP contribution in [-0.4, -0.2) is 11.2 Å². The van der Waals surface area contributed by atoms with Gasteiger partial charge < -0.3 is 5.32 Å². The second-order valence-electron chi connectivity index (χ2n) is 5.10. The number of fused-ring (bicyclic) bond motifs is 1. The highest BCUT2D eigenvalue weighted by molar-refractivity contribution is 8.01. The Hall–Kier alpha value is -2.25. The van der Waals surface area contributed by atoms with Gasteiger partial charge in [0, 0.05) is 10.6 Å². The molecule has 2 aromatic rings. The van der Waals surface area contributed by atoms with E-state index >= 15 is 0 Å². The minimum Gasteiger partial charge on any atom is -0.325 e. The van der Waals surface area contributed by atoms with Crippen molar-refractivity contribution in [3.05, 3.63) is 59.2 Å². The molecule has 1 aliphatic rings. The summed E-state index contributed by atoms with van der Waals surface area (Å²) in [6.07, 6.45) is 0.766. The van der Waals surface area contributed by atoms with Gasteiger partial charge in [0.1, 0.15) is 0 Å². The standard InChI is InChI=1S/C17H14N2OS/c1-11-2-5-13-9-16(21-15(13)8-11)17(20)19-14-6-3-12(10-18)4-7-14/h2-8,16H,9H2,1H3,(H,19,20)/t16-/m0/s1. The average molecular weight is 294 g/mol. The zero-order valence-electron chi connectivity index (χ0n) is 11.6. The predicted octanol–water partition coefficient (Wildman–Crippen LogP) is 3.52. The molecular weight excluding hydrogens is 280 g/mol. The van der Waals surface area contributed by atoms with Crippen molar-refractivity contribution in [1.29, 1.82) is 5.26 Å². The van der Waals surface area contributed by atoms with Crippen LogP contribution in [0.1, 0.15) is 16.7 Å². The predicted molar refractivity (Wildman–Crippen MR) is 84.3 cm³/mol. The molecule has 0 unspecified atom stereocenters. The van der Waals surface area contributed by atoms with Crippen LogP contribution in [-0.2, 0) is 11.2 Å². The maximum atomic E-state index is 12.3. The first-order valence-corrected chi connectivity index (χ1v) is 7.61. The minimum atomic E-state index is -0.0857. The largest absolute Gasteiger partial charge is 0.325 e. The molecule has 2 aromatic carbocycles. The number of anilines is 1. The Kier molecular flexibility index (Phi) is 3.68. The summed E-state index contributed by atoms with van der Waals surface area (Å²) in [6, 6.07) is 15.3. The van der Waals surface area contributed by atoms with Gasteiger partial charge in [0.05, 0.1) is 16.9 Å². The topological polar surface area (TPSA) is 52.9 Å². The van der Waals surface area contributed by atoms with Gasteiger partial charge >= 0.3 is 0 Å². The van der Waals surface area contributed by atoms with E-state index in [1.165, 1.54) is 16.0 Å². The van der Waals surface area contributed by atoms with E-state index in [9.17, 15) is 4.79 Å². The summed E-state index contributed by atoms with van der Waals surface area (Å²) in [6.45, 7) is 2.06. The number of nitriles is 1. The third-order valence-electron chi connectivity index (χ3n) is 3.47. The van der Waals surface area contributed by atoms with Crippen LogP contribution < -0.4 is 5.32 Å². The van der Waals surface area contributed by atoms with E-state index in [4.69, 9.17) is 5.26 Å². The Morgan fingerprint density at radius 2 is 2.05 bits per heavy atom. The van der Waals surface area contributed by atoms with Gasteiger partial charge in [0.2, 0.25) is 5.91 Å². The summed E-state index contributed by atoms with van der Waals surface area (Å²) in [5.41, 5.74) is 3.78. The molecule has 0 aliphatic carbocycles. The van der Waals surface area contributed by atoms with E-state index in [0.29, 0.717) is 5.56 Å². The molecular formula is C17H14N2OS. The van der Waals surface area contributed by atoms with Crippen molar-refractivity contribution in [2.24, 2.45) is 0 Å². The van der Waals surface area contributed by atoms with E-state index in [2.05, 4.69) is 36.5 Å². The molecule has 0 saturated carbocycles. The van der Waals surface area contributed by atoms with Gasteiger partial charge in [0.15, 0.2) is 0 Å². The lowest BCUT2D eigenvalue weighted by molar-refractivity contribution is -0.115. The fraction of sp³-hybridized carbons (Fsp3) is 0.176. The second kappa shape index (κ2) is 5.63. The number of aryl methyl sites for hydroxylation is 1. The van der Waals surface area contributed by atoms with Gasteiger partial charge in [-0.2, -0.15) is 5.26 Å². The fourth-order valence-corrected chi connectivity index (χ4v) is 3.62. The molecule has 0 radical (unpaired) electrons. The zero-order valence-corrected chi connectivity index (χ0v) is 12.4. The first kappa shape index (κ1) is 13.7. The lowest BCUT2D eigenvalue weighted by Crippen LogP contribution is -2.24. The number of hydrogen-bond acceptors (Lipinski definition) is 3. The molecule has 0 bridgehead atoms. The van der Waals surface area contributed by atoms with Crippen LogP contribution in [0.3, 0.4) is 0 Å². The number of nitrogens with zero attached hydrogens (tertiary/aromatic N) is 1. The molecule has 0 saturated heterocycles. The van der Waals surface area contributed by atoms with Crippen LogP contribution in [0, 0.1) is 18.3 Å². The number of hydrogen-bond donors (Lipinski definition) is 1. The monoisotopic (exact) mass is 294 g/mol. The van der Waals surface area contributed by atoms with Gasteiger partial charge in [-0.1, -0.05) is 17.7 Å². The van der Waals surface area contributed by atoms with Crippen molar-refractivity contribution < 1.29 is 4.79 Å². The average Bonchev–Trinajstić information content (AvgIpc) is 2.91. The molecule has 1 aliphatic heterocycles. The van der Waals surface area contributed by atoms with E-state index < -0.39 is 0 Å². The molecule has 3 nitrogen and oxygen atoms in total. The highest BCUT2D eigenvalue weighted by Gasteiger charge is 2.28. The fourth-order valence-electron chi connectivity index (χ4n) is 2.33. The first-order chi connectivity index (χ1) is 10.2. The summed E-state index contributed by atoms with van der Waals surface area (Å²) in [5, 5.41) is 11.6. The number of carbonyl (C=O) groups excluding carboxylic acids is 1. The molecule has 4 heteroatoms. The smallest absolute Gasteiger partial charge is 0.238 e. The Labute approximate surface area is 128 Å². The third kappa shape index (κ3) is 2.93. The second-order valence-corrected chi connectivity index (χ2v) is 6.34. The third-order valence-corrected chi connectivity index (χ3v) is 4.77. The maximum Gasteiger partial charge on any atom is 0.238 e. The maximum absolute atomic E-state index is 12.3. The number of rotatable bonds is 2. The lowest BCUT2D eigenvalue weighted by atomic mass is 10.1. The summed E-state index contributed by atoms with van der Waals surface area (Å²) >= 11 is 1.62. The SMILES string of the molecule is Cc1ccc2c(c1)S[C@H](C(=O)Nc1ccc(C#N)cc1)C2. The molecule has 1 atom stereocenters. The molecule has 3 rings (SSSR count). The molecule has 1 amide bonds. The van der Waals surface area contributed by atoms with Gasteiger partial charge in [0.25, 0.3) is 0 Å². The summed E-state index contributed by atoms with van der Waals surface area (Å²) in [4.78, 5) is 13.5. The summed E-state index contributed by atoms with van der Waals surface area (Å²) in [7, 11) is 0. The zero-order chi connectivity index (χ0) is 14.8. The minimum absolute atomic E-state index is 0.0126. The van der Waals surface area contributed by atoms with Crippen LogP contribution in [0.25, 0.3) is 0 Å². The van der Waals surface area contributed by atoms with Crippen molar-refractivity contribution >= 4 is 23.4 Å². The Morgan fingerprint density at radius 3 is 2.76 bits per heavy atom. The number of benzene rings is 2. The summed E-state index contributed by atoms with van der Waals surface area (Å²) < 4.78 is 0. The molecule has 1 N–H and O–H groups in total. The Balaban J connectivity index is 1.68. The molecule has 21 heavy (non-hydrogen) atoms. The quantitative estimate of drug-likeness (QED) is 0.922. The van der Waals surface area contributed by atoms with Gasteiger partial charge in [-0.05, 0) is 49.2 Å². The van der Waals surface area contributed by atoms with Crippen LogP contribution in [0.4, 0.5) is 5.69 Å². The number of carbonyl (C=O) groups is 1. The molecule has 0 fully saturated rings. The number of thioether (sulfide) groups is 1. The van der Waals surface area contributed by atoms with Crippen molar-refractivity contribution in [2.45, 2.75) is 23.5 Å². The van der Waals surface area contributed by atoms with E-state index in [1.54, 1.807) is 36.0 Å². The van der Waals surface area contributed by atoms with Gasteiger partial charge in [-0.15, -0.1) is 11.8 Å². The van der Waals surface area contributed by atoms with Crippen LogP contribution >= 0.6 is 11.8 Å². The van der Waals surface area contributed by atoms with Crippen molar-refractivity contribution in [3.63, 3.8) is 0 Å². The van der Waals surface area contributed by atoms with Crippen molar-refractivity contribution in [1.82, 2.24) is 0 Å². The van der Waals surface area contributed by atoms with E-state index in [0.717, 1.165) is 12.1 Å². The van der Waals surface area contributed by atoms with Gasteiger partial charge in [-0.3, -0.25) is 4.79 Å². The van der Waals surface area contributed by atoms with E-state index in [-0.39, 0.29) is 11.2 Å². The van der Waals surface area contributed by atoms with Gasteiger partial charge in [-0.25, -0.2) is 0 Å². The van der Waals surface area contributed by atoms with Crippen molar-refractivity contribution in [3.8, 4) is 6.07 Å². The number of nitrogens with one attached hydrogen (secondary N) is 1. The van der Waals surface area contributed by atoms with Crippen LogP contribution in [0.15, 0.2) is 47.4 Å². The Morgan fingerprint density at radius 1 is 1.29 bits per heavy atom. The molecule has 0 spiro atoms. The lowest BCUT2D eigenvalue weighted by Gasteiger charge is -2.09. The number of amides is 1. The van der Waals surface area contributed by atoms with Crippen LogP contribution in [0.5, 0.6) is 0 Å². The normalized spacial score (nSPS) is 16.1. The Bertz CT molecular complexity index is 731. The molecule has 1 heterocycles. The highest BCUT2D eigenvalue weighted by Crippen LogP contribution is 2.38. The molecule has 0 aromatic heterocycles. The molecule has 104 valence electrons. The van der Waals surface area contributed by atoms with E-state index in [1.807, 2.05) is 0 Å².